The van der Waals surface area contributed by atoms with Gasteiger partial charge in [0.05, 0.1) is 16.9 Å². The summed E-state index contributed by atoms with van der Waals surface area (Å²) in [5, 5.41) is 1.19. The zero-order valence-corrected chi connectivity index (χ0v) is 36.8. The van der Waals surface area contributed by atoms with Crippen LogP contribution in [0.3, 0.4) is 0 Å². The predicted molar refractivity (Wildman–Crippen MR) is 255 cm³/mol. The van der Waals surface area contributed by atoms with Gasteiger partial charge in [-0.25, -0.2) is 0 Å². The van der Waals surface area contributed by atoms with Gasteiger partial charge in [-0.05, 0) is 119 Å². The normalized spacial score (nSPS) is 20.2. The second kappa shape index (κ2) is 12.7. The van der Waals surface area contributed by atoms with Gasteiger partial charge in [-0.3, -0.25) is 4.90 Å². The van der Waals surface area contributed by atoms with Crippen molar-refractivity contribution in [3.63, 3.8) is 0 Å². The van der Waals surface area contributed by atoms with E-state index in [0.717, 1.165) is 40.6 Å². The quantitative estimate of drug-likeness (QED) is 0.166. The maximum atomic E-state index is 7.25. The minimum Gasteiger partial charge on any atom is -0.440 e. The Morgan fingerprint density at radius 2 is 1.25 bits per heavy atom. The lowest BCUT2D eigenvalue weighted by molar-refractivity contribution is 0.195. The van der Waals surface area contributed by atoms with E-state index in [1.807, 2.05) is 0 Å². The monoisotopic (exact) mass is 785 g/mol. The number of furan rings is 1. The van der Waals surface area contributed by atoms with Crippen LogP contribution in [-0.2, 0) is 16.2 Å². The van der Waals surface area contributed by atoms with E-state index in [9.17, 15) is 0 Å². The fourth-order valence-electron chi connectivity index (χ4n) is 11.6. The Kier molecular flexibility index (Phi) is 7.89. The fraction of sp³-hybridized carbons (Fsp3) is 0.309. The van der Waals surface area contributed by atoms with Crippen molar-refractivity contribution in [1.29, 1.82) is 0 Å². The van der Waals surface area contributed by atoms with E-state index in [-0.39, 0.29) is 28.5 Å². The third kappa shape index (κ3) is 5.10. The Labute approximate surface area is 356 Å². The van der Waals surface area contributed by atoms with Crippen molar-refractivity contribution in [2.45, 2.75) is 110 Å². The van der Waals surface area contributed by atoms with Crippen LogP contribution in [0.5, 0.6) is 0 Å². The van der Waals surface area contributed by atoms with Crippen molar-refractivity contribution in [2.24, 2.45) is 0 Å². The molecule has 1 fully saturated rings. The minimum atomic E-state index is -0.117. The highest BCUT2D eigenvalue weighted by Crippen LogP contribution is 2.63. The van der Waals surface area contributed by atoms with Crippen LogP contribution in [0.1, 0.15) is 103 Å². The maximum absolute atomic E-state index is 7.25. The summed E-state index contributed by atoms with van der Waals surface area (Å²) in [6, 6.07) is 47.8. The molecule has 7 aromatic rings. The molecule has 1 aromatic heterocycles. The Morgan fingerprint density at radius 3 is 1.92 bits per heavy atom. The second-order valence-electron chi connectivity index (χ2n) is 20.6. The van der Waals surface area contributed by atoms with Gasteiger partial charge in [-0.15, -0.1) is 0 Å². The summed E-state index contributed by atoms with van der Waals surface area (Å²) in [7, 11) is 0. The first-order valence-electron chi connectivity index (χ1n) is 22.2. The molecule has 3 aliphatic heterocycles. The fourth-order valence-corrected chi connectivity index (χ4v) is 11.6. The van der Waals surface area contributed by atoms with Crippen LogP contribution in [0.2, 0.25) is 0 Å². The predicted octanol–water partition coefficient (Wildman–Crippen LogP) is 13.2. The van der Waals surface area contributed by atoms with Crippen molar-refractivity contribution < 1.29 is 4.42 Å². The molecule has 6 aromatic carbocycles. The molecule has 1 saturated carbocycles. The molecule has 5 heteroatoms. The van der Waals surface area contributed by atoms with Crippen LogP contribution in [0, 0.1) is 6.92 Å². The number of hydrogen-bond donors (Lipinski definition) is 0. The van der Waals surface area contributed by atoms with Gasteiger partial charge < -0.3 is 14.2 Å². The van der Waals surface area contributed by atoms with Crippen molar-refractivity contribution in [1.82, 2.24) is 0 Å². The number of rotatable bonds is 4. The van der Waals surface area contributed by atoms with Gasteiger partial charge >= 0.3 is 0 Å². The van der Waals surface area contributed by atoms with Gasteiger partial charge in [0.15, 0.2) is 0 Å². The SMILES string of the molecule is Cc1cc(C(C)(C)C)ccc1N1c2cc(N(c3ccccc3)c3ccccc3)cc3c2B(c2cc(C(C)(C)C)cc4c2N3C2(C)CCCCC42C)c2c1oc1ccccc21. The van der Waals surface area contributed by atoms with E-state index in [4.69, 9.17) is 4.42 Å². The van der Waals surface area contributed by atoms with Crippen LogP contribution < -0.4 is 31.1 Å². The Morgan fingerprint density at radius 1 is 0.617 bits per heavy atom. The van der Waals surface area contributed by atoms with Crippen molar-refractivity contribution in [3.05, 3.63) is 150 Å². The summed E-state index contributed by atoms with van der Waals surface area (Å²) in [5.41, 5.74) is 18.8. The number of nitrogens with zero attached hydrogens (tertiary/aromatic N) is 3. The van der Waals surface area contributed by atoms with Crippen LogP contribution in [0.15, 0.2) is 132 Å². The highest BCUT2D eigenvalue weighted by atomic mass is 16.4. The zero-order valence-electron chi connectivity index (χ0n) is 36.8. The molecule has 1 aliphatic carbocycles. The number of hydrogen-bond acceptors (Lipinski definition) is 4. The molecule has 2 atom stereocenters. The summed E-state index contributed by atoms with van der Waals surface area (Å²) in [5.74, 6) is 0.922. The van der Waals surface area contributed by atoms with E-state index in [0.29, 0.717) is 0 Å². The van der Waals surface area contributed by atoms with Gasteiger partial charge in [0, 0.05) is 44.7 Å². The van der Waals surface area contributed by atoms with E-state index < -0.39 is 0 Å². The molecule has 0 bridgehead atoms. The molecule has 0 saturated heterocycles. The molecule has 0 N–H and O–H groups in total. The third-order valence-electron chi connectivity index (χ3n) is 15.0. The van der Waals surface area contributed by atoms with Gasteiger partial charge in [-0.2, -0.15) is 0 Å². The standard InChI is InChI=1S/C55H56BN3O/c1-35-30-36(52(2,3)4)26-27-44(35)58-45-33-40(57(38-20-12-10-13-21-38)39-22-14-11-15-23-39)34-46-49(45)56(48-41-24-16-17-25-47(41)60-51(48)58)43-32-37(53(5,6)7)31-42-50(43)59(46)55(9)29-19-18-28-54(42,55)8/h10-17,20-27,30-34H,18-19,28-29H2,1-9H3. The molecule has 0 amide bonds. The van der Waals surface area contributed by atoms with E-state index >= 15 is 0 Å². The summed E-state index contributed by atoms with van der Waals surface area (Å²) in [4.78, 5) is 7.80. The molecular weight excluding hydrogens is 729 g/mol. The van der Waals surface area contributed by atoms with Crippen molar-refractivity contribution >= 4 is 79.8 Å². The van der Waals surface area contributed by atoms with Crippen LogP contribution >= 0.6 is 0 Å². The van der Waals surface area contributed by atoms with Gasteiger partial charge in [0.2, 0.25) is 5.88 Å². The molecule has 4 nitrogen and oxygen atoms in total. The number of benzene rings is 6. The zero-order chi connectivity index (χ0) is 41.5. The minimum absolute atomic E-state index is 0.0188. The molecule has 4 heterocycles. The molecule has 60 heavy (non-hydrogen) atoms. The second-order valence-corrected chi connectivity index (χ2v) is 20.6. The Balaban J connectivity index is 1.31. The van der Waals surface area contributed by atoms with Crippen LogP contribution in [0.4, 0.5) is 45.7 Å². The van der Waals surface area contributed by atoms with Gasteiger partial charge in [-0.1, -0.05) is 140 Å². The number of fused-ring (bicyclic) bond motifs is 9. The summed E-state index contributed by atoms with van der Waals surface area (Å²) < 4.78 is 7.25. The molecular formula is C55H56BN3O. The molecule has 0 radical (unpaired) electrons. The van der Waals surface area contributed by atoms with E-state index in [1.54, 1.807) is 0 Å². The van der Waals surface area contributed by atoms with Crippen LogP contribution in [-0.4, -0.2) is 12.3 Å². The maximum Gasteiger partial charge on any atom is 0.257 e. The lowest BCUT2D eigenvalue weighted by Gasteiger charge is -2.52. The lowest BCUT2D eigenvalue weighted by atomic mass is 9.33. The summed E-state index contributed by atoms with van der Waals surface area (Å²) >= 11 is 0. The Bertz CT molecular complexity index is 2820. The van der Waals surface area contributed by atoms with Gasteiger partial charge in [0.1, 0.15) is 5.58 Å². The summed E-state index contributed by atoms with van der Waals surface area (Å²) in [6.07, 6.45) is 4.80. The molecule has 11 rings (SSSR count). The van der Waals surface area contributed by atoms with E-state index in [2.05, 4.69) is 204 Å². The topological polar surface area (TPSA) is 22.9 Å². The Hall–Kier alpha value is -5.68. The number of aryl methyl sites for hydroxylation is 1. The molecule has 0 spiro atoms. The highest BCUT2D eigenvalue weighted by Gasteiger charge is 2.62. The largest absolute Gasteiger partial charge is 0.440 e. The lowest BCUT2D eigenvalue weighted by Crippen LogP contribution is -2.64. The first kappa shape index (κ1) is 37.3. The molecule has 300 valence electrons. The first-order valence-corrected chi connectivity index (χ1v) is 22.2. The van der Waals surface area contributed by atoms with Crippen LogP contribution in [0.25, 0.3) is 11.0 Å². The third-order valence-corrected chi connectivity index (χ3v) is 15.0. The first-order chi connectivity index (χ1) is 28.7. The number of para-hydroxylation sites is 3. The van der Waals surface area contributed by atoms with Gasteiger partial charge in [0.25, 0.3) is 6.71 Å². The summed E-state index contributed by atoms with van der Waals surface area (Å²) in [6.45, 7) is 21.5. The molecule has 2 unspecified atom stereocenters. The van der Waals surface area contributed by atoms with Crippen molar-refractivity contribution in [2.75, 3.05) is 14.7 Å². The average molecular weight is 786 g/mol. The molecule has 4 aliphatic rings. The highest BCUT2D eigenvalue weighted by molar-refractivity contribution is 7.01. The smallest absolute Gasteiger partial charge is 0.257 e. The average Bonchev–Trinajstić information content (AvgIpc) is 3.70. The van der Waals surface area contributed by atoms with E-state index in [1.165, 1.54) is 80.4 Å². The number of anilines is 8. The van der Waals surface area contributed by atoms with Crippen molar-refractivity contribution in [3.8, 4) is 0 Å².